The smallest absolute Gasteiger partial charge is 0.225 e. The molecular weight excluding hydrogens is 516 g/mol. The van der Waals surface area contributed by atoms with Crippen molar-refractivity contribution in [2.45, 2.75) is 36.7 Å². The van der Waals surface area contributed by atoms with Gasteiger partial charge >= 0.3 is 0 Å². The second kappa shape index (κ2) is 13.1. The van der Waals surface area contributed by atoms with Gasteiger partial charge < -0.3 is 10.1 Å². The number of aromatic nitrogens is 3. The van der Waals surface area contributed by atoms with E-state index in [1.165, 1.54) is 11.1 Å². The minimum absolute atomic E-state index is 0.0805. The highest BCUT2D eigenvalue weighted by Gasteiger charge is 2.25. The third-order valence-corrected chi connectivity index (χ3v) is 7.61. The van der Waals surface area contributed by atoms with Crippen LogP contribution in [-0.2, 0) is 23.4 Å². The van der Waals surface area contributed by atoms with E-state index < -0.39 is 0 Å². The van der Waals surface area contributed by atoms with Gasteiger partial charge in [-0.2, -0.15) is 0 Å². The summed E-state index contributed by atoms with van der Waals surface area (Å²) in [5.41, 5.74) is 5.36. The molecule has 1 aromatic heterocycles. The molecule has 7 heteroatoms. The van der Waals surface area contributed by atoms with E-state index in [1.807, 2.05) is 60.7 Å². The van der Waals surface area contributed by atoms with Crippen LogP contribution in [0.4, 0.5) is 0 Å². The Bertz CT molecular complexity index is 1520. The van der Waals surface area contributed by atoms with Crippen molar-refractivity contribution in [1.29, 1.82) is 0 Å². The lowest BCUT2D eigenvalue weighted by Gasteiger charge is -2.20. The molecule has 0 bridgehead atoms. The van der Waals surface area contributed by atoms with Crippen LogP contribution in [0, 0.1) is 6.92 Å². The Morgan fingerprint density at radius 3 is 2.12 bits per heavy atom. The Labute approximate surface area is 239 Å². The zero-order valence-corrected chi connectivity index (χ0v) is 23.5. The minimum atomic E-state index is -0.381. The number of thioether (sulfide) groups is 1. The van der Waals surface area contributed by atoms with Crippen LogP contribution in [0.3, 0.4) is 0 Å². The molecule has 0 fully saturated rings. The minimum Gasteiger partial charge on any atom is -0.497 e. The number of benzene rings is 4. The van der Waals surface area contributed by atoms with Gasteiger partial charge in [-0.1, -0.05) is 102 Å². The number of hydrogen-bond donors (Lipinski definition) is 1. The van der Waals surface area contributed by atoms with Gasteiger partial charge in [0.05, 0.1) is 19.6 Å². The van der Waals surface area contributed by atoms with Gasteiger partial charge in [-0.05, 0) is 54.3 Å². The molecule has 5 rings (SSSR count). The van der Waals surface area contributed by atoms with E-state index in [0.29, 0.717) is 12.2 Å². The molecule has 0 radical (unpaired) electrons. The number of amides is 1. The van der Waals surface area contributed by atoms with Crippen molar-refractivity contribution in [3.63, 3.8) is 0 Å². The molecule has 0 aliphatic heterocycles. The summed E-state index contributed by atoms with van der Waals surface area (Å²) < 4.78 is 7.33. The first-order valence-corrected chi connectivity index (χ1v) is 14.2. The Hall–Kier alpha value is -4.36. The summed E-state index contributed by atoms with van der Waals surface area (Å²) in [6.45, 7) is 2.07. The fraction of sp³-hybridized carbons (Fsp3) is 0.182. The first kappa shape index (κ1) is 27.2. The van der Waals surface area contributed by atoms with Crippen molar-refractivity contribution in [2.75, 3.05) is 7.11 Å². The second-order valence-electron chi connectivity index (χ2n) is 9.62. The Morgan fingerprint density at radius 2 is 1.48 bits per heavy atom. The normalized spacial score (nSPS) is 11.7. The van der Waals surface area contributed by atoms with Crippen LogP contribution >= 0.6 is 11.8 Å². The summed E-state index contributed by atoms with van der Waals surface area (Å²) >= 11 is 1.63. The number of rotatable bonds is 11. The molecule has 1 amide bonds. The number of ether oxygens (including phenoxy) is 1. The highest BCUT2D eigenvalue weighted by Crippen LogP contribution is 2.29. The van der Waals surface area contributed by atoms with Crippen LogP contribution in [0.15, 0.2) is 114 Å². The predicted octanol–water partition coefficient (Wildman–Crippen LogP) is 6.52. The van der Waals surface area contributed by atoms with Crippen molar-refractivity contribution in [2.24, 2.45) is 0 Å². The van der Waals surface area contributed by atoms with Gasteiger partial charge in [-0.25, -0.2) is 0 Å². The standard InChI is InChI=1S/C33H32N4O2S/c1-24-13-17-28(18-14-24)37-32(35-36-33(37)40-23-27-11-7-4-8-12-27)30(21-25-9-5-3-6-10-25)34-31(38)22-26-15-19-29(39-2)20-16-26/h3-20,30H,21-23H2,1-2H3,(H,34,38). The summed E-state index contributed by atoms with van der Waals surface area (Å²) in [5, 5.41) is 13.3. The van der Waals surface area contributed by atoms with E-state index in [0.717, 1.165) is 33.5 Å². The maximum atomic E-state index is 13.3. The predicted molar refractivity (Wildman–Crippen MR) is 160 cm³/mol. The molecule has 0 saturated carbocycles. The highest BCUT2D eigenvalue weighted by molar-refractivity contribution is 7.98. The molecule has 4 aromatic carbocycles. The molecule has 0 saturated heterocycles. The Kier molecular flexibility index (Phi) is 8.93. The zero-order chi connectivity index (χ0) is 27.7. The van der Waals surface area contributed by atoms with Crippen LogP contribution in [0.1, 0.15) is 34.1 Å². The third kappa shape index (κ3) is 6.98. The molecule has 0 aliphatic rings. The summed E-state index contributed by atoms with van der Waals surface area (Å²) in [5.74, 6) is 2.14. The van der Waals surface area contributed by atoms with Crippen LogP contribution < -0.4 is 10.1 Å². The van der Waals surface area contributed by atoms with Crippen molar-refractivity contribution < 1.29 is 9.53 Å². The third-order valence-electron chi connectivity index (χ3n) is 6.61. The molecule has 202 valence electrons. The maximum Gasteiger partial charge on any atom is 0.225 e. The van der Waals surface area contributed by atoms with Crippen molar-refractivity contribution >= 4 is 17.7 Å². The number of nitrogens with zero attached hydrogens (tertiary/aromatic N) is 3. The molecule has 1 N–H and O–H groups in total. The van der Waals surface area contributed by atoms with Gasteiger partial charge in [0.1, 0.15) is 5.75 Å². The van der Waals surface area contributed by atoms with Gasteiger partial charge in [-0.15, -0.1) is 10.2 Å². The largest absolute Gasteiger partial charge is 0.497 e. The van der Waals surface area contributed by atoms with Gasteiger partial charge in [0.25, 0.3) is 0 Å². The topological polar surface area (TPSA) is 69.0 Å². The second-order valence-corrected chi connectivity index (χ2v) is 10.6. The molecule has 1 atom stereocenters. The van der Waals surface area contributed by atoms with Gasteiger partial charge in [0.2, 0.25) is 5.91 Å². The number of nitrogens with one attached hydrogen (secondary N) is 1. The molecule has 40 heavy (non-hydrogen) atoms. The Balaban J connectivity index is 1.47. The number of aryl methyl sites for hydroxylation is 1. The quantitative estimate of drug-likeness (QED) is 0.190. The van der Waals surface area contributed by atoms with E-state index in [2.05, 4.69) is 75.5 Å². The van der Waals surface area contributed by atoms with Crippen molar-refractivity contribution in [3.05, 3.63) is 137 Å². The SMILES string of the molecule is COc1ccc(CC(=O)NC(Cc2ccccc2)c2nnc(SCc3ccccc3)n2-c2ccc(C)cc2)cc1. The van der Waals surface area contributed by atoms with Crippen LogP contribution in [0.5, 0.6) is 5.75 Å². The average molecular weight is 549 g/mol. The summed E-state index contributed by atoms with van der Waals surface area (Å²) in [6.07, 6.45) is 0.839. The van der Waals surface area contributed by atoms with Gasteiger partial charge in [-0.3, -0.25) is 9.36 Å². The van der Waals surface area contributed by atoms with Crippen LogP contribution in [0.2, 0.25) is 0 Å². The van der Waals surface area contributed by atoms with Crippen LogP contribution in [-0.4, -0.2) is 27.8 Å². The van der Waals surface area contributed by atoms with E-state index >= 15 is 0 Å². The number of methoxy groups -OCH3 is 1. The molecule has 5 aromatic rings. The number of carbonyl (C=O) groups is 1. The van der Waals surface area contributed by atoms with E-state index in [-0.39, 0.29) is 18.4 Å². The molecular formula is C33H32N4O2S. The Morgan fingerprint density at radius 1 is 0.825 bits per heavy atom. The molecule has 0 spiro atoms. The molecule has 1 unspecified atom stereocenters. The van der Waals surface area contributed by atoms with Gasteiger partial charge in [0.15, 0.2) is 11.0 Å². The highest BCUT2D eigenvalue weighted by atomic mass is 32.2. The van der Waals surface area contributed by atoms with E-state index in [4.69, 9.17) is 4.74 Å². The summed E-state index contributed by atoms with van der Waals surface area (Å²) in [4.78, 5) is 13.3. The lowest BCUT2D eigenvalue weighted by Crippen LogP contribution is -2.33. The van der Waals surface area contributed by atoms with Crippen molar-refractivity contribution in [1.82, 2.24) is 20.1 Å². The zero-order valence-electron chi connectivity index (χ0n) is 22.7. The fourth-order valence-electron chi connectivity index (χ4n) is 4.49. The monoisotopic (exact) mass is 548 g/mol. The molecule has 1 heterocycles. The average Bonchev–Trinajstić information content (AvgIpc) is 3.41. The number of carbonyl (C=O) groups excluding carboxylic acids is 1. The van der Waals surface area contributed by atoms with Crippen LogP contribution in [0.25, 0.3) is 5.69 Å². The lowest BCUT2D eigenvalue weighted by molar-refractivity contribution is -0.121. The number of hydrogen-bond acceptors (Lipinski definition) is 5. The first-order chi connectivity index (χ1) is 19.6. The lowest BCUT2D eigenvalue weighted by atomic mass is 10.0. The summed E-state index contributed by atoms with van der Waals surface area (Å²) in [6, 6.07) is 36.0. The van der Waals surface area contributed by atoms with Gasteiger partial charge in [0, 0.05) is 11.4 Å². The maximum absolute atomic E-state index is 13.3. The first-order valence-electron chi connectivity index (χ1n) is 13.2. The molecule has 0 aliphatic carbocycles. The van der Waals surface area contributed by atoms with E-state index in [9.17, 15) is 4.79 Å². The van der Waals surface area contributed by atoms with E-state index in [1.54, 1.807) is 18.9 Å². The van der Waals surface area contributed by atoms with Crippen molar-refractivity contribution in [3.8, 4) is 11.4 Å². The summed E-state index contributed by atoms with van der Waals surface area (Å²) in [7, 11) is 1.63. The molecule has 6 nitrogen and oxygen atoms in total. The fourth-order valence-corrected chi connectivity index (χ4v) is 5.40.